The molecule has 6 nitrogen and oxygen atoms in total. The molecule has 3 N–H and O–H groups in total. The smallest absolute Gasteiger partial charge is 0.239 e. The number of nitrogens with one attached hydrogen (secondary N) is 3. The van der Waals surface area contributed by atoms with E-state index in [2.05, 4.69) is 20.9 Å². The number of hydrogen-bond acceptors (Lipinski definition) is 3. The van der Waals surface area contributed by atoms with Gasteiger partial charge in [-0.25, -0.2) is 0 Å². The van der Waals surface area contributed by atoms with Crippen LogP contribution in [0.25, 0.3) is 0 Å². The van der Waals surface area contributed by atoms with Gasteiger partial charge in [-0.15, -0.1) is 24.0 Å². The van der Waals surface area contributed by atoms with Crippen molar-refractivity contribution in [1.82, 2.24) is 16.0 Å². The lowest BCUT2D eigenvalue weighted by Gasteiger charge is -2.25. The zero-order chi connectivity index (χ0) is 13.4. The van der Waals surface area contributed by atoms with Gasteiger partial charge >= 0.3 is 0 Å². The number of aliphatic imine (C=N–C) groups is 1. The van der Waals surface area contributed by atoms with Crippen LogP contribution in [0.5, 0.6) is 0 Å². The second-order valence-electron chi connectivity index (χ2n) is 4.68. The van der Waals surface area contributed by atoms with Gasteiger partial charge in [0.05, 0.1) is 6.54 Å². The molecule has 0 aromatic carbocycles. The summed E-state index contributed by atoms with van der Waals surface area (Å²) >= 11 is 0. The summed E-state index contributed by atoms with van der Waals surface area (Å²) in [6, 6.07) is 0.530. The fourth-order valence-corrected chi connectivity index (χ4v) is 1.77. The van der Waals surface area contributed by atoms with E-state index in [1.165, 1.54) is 0 Å². The van der Waals surface area contributed by atoms with Crippen molar-refractivity contribution < 1.29 is 9.53 Å². The first-order chi connectivity index (χ1) is 8.61. The molecule has 1 aliphatic heterocycles. The second-order valence-corrected chi connectivity index (χ2v) is 4.68. The molecule has 0 spiro atoms. The van der Waals surface area contributed by atoms with E-state index in [0.717, 1.165) is 26.1 Å². The fraction of sp³-hybridized carbons (Fsp3) is 0.833. The molecule has 0 bridgehead atoms. The van der Waals surface area contributed by atoms with Crippen LogP contribution in [0.1, 0.15) is 26.7 Å². The monoisotopic (exact) mass is 384 g/mol. The van der Waals surface area contributed by atoms with Gasteiger partial charge in [0, 0.05) is 32.3 Å². The summed E-state index contributed by atoms with van der Waals surface area (Å²) in [5, 5.41) is 9.12. The molecule has 1 rings (SSSR count). The molecule has 0 unspecified atom stereocenters. The number of halogens is 1. The second kappa shape index (κ2) is 10.2. The maximum atomic E-state index is 11.5. The fourth-order valence-electron chi connectivity index (χ4n) is 1.77. The van der Waals surface area contributed by atoms with E-state index in [0.29, 0.717) is 12.0 Å². The molecule has 0 aromatic rings. The highest BCUT2D eigenvalue weighted by Crippen LogP contribution is 2.05. The van der Waals surface area contributed by atoms with Gasteiger partial charge < -0.3 is 20.7 Å². The predicted octanol–water partition coefficient (Wildman–Crippen LogP) is 0.473. The van der Waals surface area contributed by atoms with E-state index < -0.39 is 0 Å². The molecule has 1 fully saturated rings. The van der Waals surface area contributed by atoms with Gasteiger partial charge in [0.25, 0.3) is 0 Å². The summed E-state index contributed by atoms with van der Waals surface area (Å²) in [6.07, 6.45) is 1.94. The van der Waals surface area contributed by atoms with Crippen molar-refractivity contribution in [2.45, 2.75) is 38.8 Å². The summed E-state index contributed by atoms with van der Waals surface area (Å²) in [5.41, 5.74) is 0. The first-order valence-corrected chi connectivity index (χ1v) is 6.46. The molecular weight excluding hydrogens is 359 g/mol. The number of ether oxygens (including phenoxy) is 1. The van der Waals surface area contributed by atoms with Gasteiger partial charge in [-0.3, -0.25) is 9.79 Å². The normalized spacial score (nSPS) is 16.7. The van der Waals surface area contributed by atoms with Crippen LogP contribution in [0.15, 0.2) is 4.99 Å². The maximum Gasteiger partial charge on any atom is 0.239 e. The topological polar surface area (TPSA) is 74.8 Å². The number of hydrogen-bond donors (Lipinski definition) is 3. The lowest BCUT2D eigenvalue weighted by atomic mass is 10.1. The Bertz CT molecular complexity index is 291. The van der Waals surface area contributed by atoms with Crippen LogP contribution in [-0.2, 0) is 9.53 Å². The maximum absolute atomic E-state index is 11.5. The summed E-state index contributed by atoms with van der Waals surface area (Å²) in [5.74, 6) is 0.640. The Morgan fingerprint density at radius 1 is 1.37 bits per heavy atom. The van der Waals surface area contributed by atoms with Crippen molar-refractivity contribution in [3.8, 4) is 0 Å². The van der Waals surface area contributed by atoms with Gasteiger partial charge in [0.15, 0.2) is 5.96 Å². The highest BCUT2D eigenvalue weighted by Gasteiger charge is 2.15. The SMILES string of the molecule is CN=C(NCC(=O)NC(C)C)NC1CCOCC1.I. The largest absolute Gasteiger partial charge is 0.381 e. The van der Waals surface area contributed by atoms with Crippen LogP contribution in [0.2, 0.25) is 0 Å². The molecule has 0 aliphatic carbocycles. The zero-order valence-electron chi connectivity index (χ0n) is 11.9. The van der Waals surface area contributed by atoms with Crippen LogP contribution in [0.3, 0.4) is 0 Å². The first-order valence-electron chi connectivity index (χ1n) is 6.46. The Morgan fingerprint density at radius 2 is 2.00 bits per heavy atom. The minimum Gasteiger partial charge on any atom is -0.381 e. The third kappa shape index (κ3) is 8.25. The lowest BCUT2D eigenvalue weighted by molar-refractivity contribution is -0.120. The minimum atomic E-state index is -0.0278. The molecule has 0 saturated carbocycles. The van der Waals surface area contributed by atoms with Crippen molar-refractivity contribution in [2.75, 3.05) is 26.8 Å². The third-order valence-electron chi connectivity index (χ3n) is 2.65. The van der Waals surface area contributed by atoms with E-state index in [4.69, 9.17) is 4.74 Å². The average Bonchev–Trinajstić information content (AvgIpc) is 2.35. The van der Waals surface area contributed by atoms with Crippen molar-refractivity contribution in [3.63, 3.8) is 0 Å². The minimum absolute atomic E-state index is 0. The predicted molar refractivity (Wildman–Crippen MR) is 87.0 cm³/mol. The molecule has 1 heterocycles. The summed E-state index contributed by atoms with van der Waals surface area (Å²) in [4.78, 5) is 15.6. The van der Waals surface area contributed by atoms with E-state index in [1.54, 1.807) is 7.05 Å². The van der Waals surface area contributed by atoms with Crippen LogP contribution in [0.4, 0.5) is 0 Å². The van der Waals surface area contributed by atoms with Crippen molar-refractivity contribution in [2.24, 2.45) is 4.99 Å². The van der Waals surface area contributed by atoms with Gasteiger partial charge in [0.2, 0.25) is 5.91 Å². The average molecular weight is 384 g/mol. The third-order valence-corrected chi connectivity index (χ3v) is 2.65. The number of guanidine groups is 1. The number of rotatable bonds is 4. The van der Waals surface area contributed by atoms with Gasteiger partial charge in [-0.05, 0) is 26.7 Å². The number of nitrogens with zero attached hydrogens (tertiary/aromatic N) is 1. The van der Waals surface area contributed by atoms with Crippen LogP contribution in [0, 0.1) is 0 Å². The van der Waals surface area contributed by atoms with Crippen molar-refractivity contribution in [3.05, 3.63) is 0 Å². The highest BCUT2D eigenvalue weighted by atomic mass is 127. The Morgan fingerprint density at radius 3 is 2.53 bits per heavy atom. The van der Waals surface area contributed by atoms with Crippen LogP contribution >= 0.6 is 24.0 Å². The molecule has 1 saturated heterocycles. The molecule has 19 heavy (non-hydrogen) atoms. The summed E-state index contributed by atoms with van der Waals surface area (Å²) in [6.45, 7) is 5.67. The Balaban J connectivity index is 0.00000324. The Labute approximate surface area is 132 Å². The molecule has 0 radical (unpaired) electrons. The quantitative estimate of drug-likeness (QED) is 0.374. The molecule has 0 atom stereocenters. The van der Waals surface area contributed by atoms with Gasteiger partial charge in [-0.1, -0.05) is 0 Å². The molecule has 7 heteroatoms. The Kier molecular flexibility index (Phi) is 9.94. The highest BCUT2D eigenvalue weighted by molar-refractivity contribution is 14.0. The number of carbonyl (C=O) groups excluding carboxylic acids is 1. The van der Waals surface area contributed by atoms with Gasteiger partial charge in [-0.2, -0.15) is 0 Å². The van der Waals surface area contributed by atoms with E-state index in [1.807, 2.05) is 13.8 Å². The standard InChI is InChI=1S/C12H24N4O2.HI/c1-9(2)15-11(17)8-14-12(13-3)16-10-4-6-18-7-5-10;/h9-10H,4-8H2,1-3H3,(H,15,17)(H2,13,14,16);1H. The summed E-state index contributed by atoms with van der Waals surface area (Å²) < 4.78 is 5.29. The Hall–Kier alpha value is -0.570. The summed E-state index contributed by atoms with van der Waals surface area (Å²) in [7, 11) is 1.70. The molecule has 112 valence electrons. The lowest BCUT2D eigenvalue weighted by Crippen LogP contribution is -2.48. The van der Waals surface area contributed by atoms with Gasteiger partial charge in [0.1, 0.15) is 0 Å². The molecule has 0 aromatic heterocycles. The van der Waals surface area contributed by atoms with E-state index in [-0.39, 0.29) is 42.5 Å². The first kappa shape index (κ1) is 18.4. The molecular formula is C12H25IN4O2. The molecule has 1 aliphatic rings. The van der Waals surface area contributed by atoms with Crippen molar-refractivity contribution >= 4 is 35.8 Å². The van der Waals surface area contributed by atoms with Crippen LogP contribution in [-0.4, -0.2) is 50.8 Å². The van der Waals surface area contributed by atoms with Crippen molar-refractivity contribution in [1.29, 1.82) is 0 Å². The molecule has 1 amide bonds. The van der Waals surface area contributed by atoms with E-state index >= 15 is 0 Å². The van der Waals surface area contributed by atoms with E-state index in [9.17, 15) is 4.79 Å². The number of carbonyl (C=O) groups is 1. The zero-order valence-corrected chi connectivity index (χ0v) is 14.2. The number of amides is 1. The van der Waals surface area contributed by atoms with Crippen LogP contribution < -0.4 is 16.0 Å².